The van der Waals surface area contributed by atoms with Crippen LogP contribution in [0.15, 0.2) is 54.6 Å². The van der Waals surface area contributed by atoms with E-state index in [1.807, 2.05) is 48.5 Å². The molecular weight excluding hydrogens is 434 g/mol. The minimum Gasteiger partial charge on any atom is -0.507 e. The van der Waals surface area contributed by atoms with Crippen LogP contribution in [0.2, 0.25) is 0 Å². The van der Waals surface area contributed by atoms with Crippen molar-refractivity contribution in [2.24, 2.45) is 0 Å². The predicted molar refractivity (Wildman–Crippen MR) is 121 cm³/mol. The molecule has 32 heavy (non-hydrogen) atoms. The maximum Gasteiger partial charge on any atom is 0.309 e. The quantitative estimate of drug-likeness (QED) is 0.250. The molecule has 8 heteroatoms. The van der Waals surface area contributed by atoms with Crippen LogP contribution in [0, 0.1) is 0 Å². The third-order valence-corrected chi connectivity index (χ3v) is 5.17. The summed E-state index contributed by atoms with van der Waals surface area (Å²) < 4.78 is 16.2. The molecule has 170 valence electrons. The zero-order valence-corrected chi connectivity index (χ0v) is 18.4. The lowest BCUT2D eigenvalue weighted by Gasteiger charge is -2.25. The highest BCUT2D eigenvalue weighted by atomic mass is 35.5. The maximum absolute atomic E-state index is 11.8. The topological polar surface area (TPSA) is 85.3 Å². The van der Waals surface area contributed by atoms with Crippen molar-refractivity contribution < 1.29 is 28.9 Å². The normalized spacial score (nSPS) is 14.7. The number of phenols is 1. The summed E-state index contributed by atoms with van der Waals surface area (Å²) in [6, 6.07) is 15.0. The summed E-state index contributed by atoms with van der Waals surface area (Å²) >= 11 is 5.26. The average Bonchev–Trinajstić information content (AvgIpc) is 2.81. The molecule has 0 saturated carbocycles. The number of aromatic hydroxyl groups is 1. The Hall–Kier alpha value is -2.87. The van der Waals surface area contributed by atoms with Crippen molar-refractivity contribution in [1.29, 1.82) is 0 Å². The number of morpholine rings is 1. The Labute approximate surface area is 192 Å². The van der Waals surface area contributed by atoms with Gasteiger partial charge in [-0.25, -0.2) is 0 Å². The fourth-order valence-corrected chi connectivity index (χ4v) is 3.36. The van der Waals surface area contributed by atoms with E-state index in [0.717, 1.165) is 18.7 Å². The van der Waals surface area contributed by atoms with Gasteiger partial charge >= 0.3 is 5.97 Å². The van der Waals surface area contributed by atoms with Gasteiger partial charge in [0.2, 0.25) is 12.0 Å². The van der Waals surface area contributed by atoms with Gasteiger partial charge in [-0.05, 0) is 29.3 Å². The zero-order valence-electron chi connectivity index (χ0n) is 17.7. The standard InChI is InChI=1S/C24H26ClNO6/c25-22(27)9-10-23(28)32-17-31-21(11-12-26-13-15-30-16-14-26)20-8-4-7-19(24(20)29)18-5-2-1-3-6-18/h1-8,11,29H,9-10,12-17H2/b21-11+. The smallest absolute Gasteiger partial charge is 0.309 e. The highest BCUT2D eigenvalue weighted by Gasteiger charge is 2.16. The number of benzene rings is 2. The second-order valence-corrected chi connectivity index (χ2v) is 7.60. The number of ether oxygens (including phenoxy) is 3. The van der Waals surface area contributed by atoms with Crippen LogP contribution >= 0.6 is 11.6 Å². The van der Waals surface area contributed by atoms with Gasteiger partial charge in [-0.15, -0.1) is 0 Å². The monoisotopic (exact) mass is 459 g/mol. The minimum atomic E-state index is -0.600. The number of esters is 1. The van der Waals surface area contributed by atoms with E-state index in [9.17, 15) is 14.7 Å². The van der Waals surface area contributed by atoms with Gasteiger partial charge < -0.3 is 19.3 Å². The number of phenolic OH excluding ortho intramolecular Hbond substituents is 1. The Kier molecular flexibility index (Phi) is 9.10. The first-order valence-corrected chi connectivity index (χ1v) is 10.8. The zero-order chi connectivity index (χ0) is 22.8. The van der Waals surface area contributed by atoms with Crippen molar-refractivity contribution in [1.82, 2.24) is 4.90 Å². The summed E-state index contributed by atoms with van der Waals surface area (Å²) in [4.78, 5) is 24.8. The van der Waals surface area contributed by atoms with E-state index < -0.39 is 11.2 Å². The van der Waals surface area contributed by atoms with Gasteiger partial charge in [0.05, 0.1) is 25.2 Å². The first kappa shape index (κ1) is 23.8. The molecule has 1 aliphatic heterocycles. The fourth-order valence-electron chi connectivity index (χ4n) is 3.27. The molecular formula is C24H26ClNO6. The van der Waals surface area contributed by atoms with Crippen LogP contribution < -0.4 is 0 Å². The van der Waals surface area contributed by atoms with Gasteiger partial charge in [0.15, 0.2) is 0 Å². The third-order valence-electron chi connectivity index (χ3n) is 4.98. The molecule has 0 atom stereocenters. The predicted octanol–water partition coefficient (Wildman–Crippen LogP) is 3.80. The molecule has 7 nitrogen and oxygen atoms in total. The molecule has 0 radical (unpaired) electrons. The van der Waals surface area contributed by atoms with E-state index >= 15 is 0 Å². The van der Waals surface area contributed by atoms with Crippen LogP contribution in [-0.4, -0.2) is 60.9 Å². The van der Waals surface area contributed by atoms with Gasteiger partial charge in [0.25, 0.3) is 0 Å². The van der Waals surface area contributed by atoms with Gasteiger partial charge in [0.1, 0.15) is 11.5 Å². The molecule has 3 rings (SSSR count). The van der Waals surface area contributed by atoms with Crippen molar-refractivity contribution in [3.63, 3.8) is 0 Å². The summed E-state index contributed by atoms with van der Waals surface area (Å²) in [6.45, 7) is 3.15. The number of halogens is 1. The highest BCUT2D eigenvalue weighted by molar-refractivity contribution is 6.63. The third kappa shape index (κ3) is 7.09. The van der Waals surface area contributed by atoms with Gasteiger partial charge in [-0.3, -0.25) is 14.5 Å². The Morgan fingerprint density at radius 1 is 1.03 bits per heavy atom. The van der Waals surface area contributed by atoms with Crippen LogP contribution in [0.5, 0.6) is 5.75 Å². The van der Waals surface area contributed by atoms with Crippen LogP contribution in [-0.2, 0) is 23.8 Å². The lowest BCUT2D eigenvalue weighted by molar-refractivity contribution is -0.152. The van der Waals surface area contributed by atoms with E-state index in [1.165, 1.54) is 0 Å². The molecule has 0 bridgehead atoms. The number of hydrogen-bond donors (Lipinski definition) is 1. The summed E-state index contributed by atoms with van der Waals surface area (Å²) in [5.41, 5.74) is 2.03. The summed E-state index contributed by atoms with van der Waals surface area (Å²) in [6.07, 6.45) is 1.64. The van der Waals surface area contributed by atoms with E-state index in [1.54, 1.807) is 6.07 Å². The SMILES string of the molecule is O=C(Cl)CCC(=O)OCO/C(=C/CN1CCOCC1)c1cccc(-c2ccccc2)c1O. The van der Waals surface area contributed by atoms with E-state index in [-0.39, 0.29) is 25.4 Å². The van der Waals surface area contributed by atoms with Crippen LogP contribution in [0.4, 0.5) is 0 Å². The van der Waals surface area contributed by atoms with Crippen molar-refractivity contribution in [2.45, 2.75) is 12.8 Å². The fraction of sp³-hybridized carbons (Fsp3) is 0.333. The number of nitrogens with zero attached hydrogens (tertiary/aromatic N) is 1. The van der Waals surface area contributed by atoms with E-state index in [2.05, 4.69) is 4.90 Å². The van der Waals surface area contributed by atoms with Gasteiger partial charge in [0, 0.05) is 31.6 Å². The Bertz CT molecular complexity index is 941. The minimum absolute atomic E-state index is 0.0750. The number of hydrogen-bond acceptors (Lipinski definition) is 7. The molecule has 0 amide bonds. The van der Waals surface area contributed by atoms with Crippen molar-refractivity contribution in [3.05, 3.63) is 60.2 Å². The number of carbonyl (C=O) groups excluding carboxylic acids is 2. The molecule has 1 heterocycles. The maximum atomic E-state index is 11.8. The molecule has 0 unspecified atom stereocenters. The Morgan fingerprint density at radius 3 is 2.50 bits per heavy atom. The summed E-state index contributed by atoms with van der Waals surface area (Å²) in [5, 5.41) is 10.4. The van der Waals surface area contributed by atoms with Gasteiger partial charge in [-0.2, -0.15) is 0 Å². The molecule has 0 aromatic heterocycles. The van der Waals surface area contributed by atoms with E-state index in [4.69, 9.17) is 25.8 Å². The Balaban J connectivity index is 1.77. The molecule has 1 saturated heterocycles. The molecule has 0 spiro atoms. The first-order chi connectivity index (χ1) is 15.5. The summed E-state index contributed by atoms with van der Waals surface area (Å²) in [7, 11) is 0. The largest absolute Gasteiger partial charge is 0.507 e. The number of para-hydroxylation sites is 1. The van der Waals surface area contributed by atoms with Crippen LogP contribution in [0.3, 0.4) is 0 Å². The first-order valence-electron chi connectivity index (χ1n) is 10.4. The molecule has 1 N–H and O–H groups in total. The number of rotatable bonds is 10. The van der Waals surface area contributed by atoms with Crippen molar-refractivity contribution in [2.75, 3.05) is 39.6 Å². The van der Waals surface area contributed by atoms with E-state index in [0.29, 0.717) is 36.6 Å². The Morgan fingerprint density at radius 2 is 1.78 bits per heavy atom. The lowest BCUT2D eigenvalue weighted by atomic mass is 10.0. The highest BCUT2D eigenvalue weighted by Crippen LogP contribution is 2.36. The molecule has 1 aliphatic rings. The number of carbonyl (C=O) groups is 2. The van der Waals surface area contributed by atoms with Crippen molar-refractivity contribution >= 4 is 28.6 Å². The van der Waals surface area contributed by atoms with Crippen molar-refractivity contribution in [3.8, 4) is 16.9 Å². The summed E-state index contributed by atoms with van der Waals surface area (Å²) in [5.74, 6) is -0.118. The van der Waals surface area contributed by atoms with Gasteiger partial charge in [-0.1, -0.05) is 42.5 Å². The van der Waals surface area contributed by atoms with Crippen LogP contribution in [0.1, 0.15) is 18.4 Å². The molecule has 0 aliphatic carbocycles. The lowest BCUT2D eigenvalue weighted by Crippen LogP contribution is -2.36. The average molecular weight is 460 g/mol. The molecule has 2 aromatic carbocycles. The van der Waals surface area contributed by atoms with Crippen LogP contribution in [0.25, 0.3) is 16.9 Å². The second kappa shape index (κ2) is 12.2. The second-order valence-electron chi connectivity index (χ2n) is 7.18. The molecule has 1 fully saturated rings. The molecule has 2 aromatic rings.